The first kappa shape index (κ1) is 52.7. The van der Waals surface area contributed by atoms with Gasteiger partial charge in [0.25, 0.3) is 0 Å². The molecule has 0 fully saturated rings. The molecule has 4 nitrogen and oxygen atoms in total. The topological polar surface area (TPSA) is 58.9 Å². The van der Waals surface area contributed by atoms with Crippen LogP contribution in [0.5, 0.6) is 0 Å². The fraction of sp³-hybridized carbons (Fsp3) is 0.842. The quantitative estimate of drug-likeness (QED) is 0.365. The molecule has 0 radical (unpaired) electrons. The van der Waals surface area contributed by atoms with Gasteiger partial charge in [-0.1, -0.05) is 0 Å². The van der Waals surface area contributed by atoms with Gasteiger partial charge in [0.15, 0.2) is 0 Å². The average molecular weight is 1090 g/mol. The van der Waals surface area contributed by atoms with Gasteiger partial charge in [0.1, 0.15) is 0 Å². The van der Waals surface area contributed by atoms with Crippen molar-refractivity contribution >= 4 is 0 Å². The number of hydrogen-bond donors (Lipinski definition) is 2. The van der Waals surface area contributed by atoms with Gasteiger partial charge in [-0.05, 0) is 27.7 Å². The summed E-state index contributed by atoms with van der Waals surface area (Å²) < 4.78 is 33.4. The Kier molecular flexibility index (Phi) is 64.8. The molecule has 0 aromatic rings. The Hall–Kier alpha value is 2.86. The molecule has 0 rings (SSSR count). The van der Waals surface area contributed by atoms with Crippen LogP contribution in [0.15, 0.2) is 0 Å². The van der Waals surface area contributed by atoms with Crippen molar-refractivity contribution in [1.29, 1.82) is 0 Å². The van der Waals surface area contributed by atoms with Crippen molar-refractivity contribution in [2.24, 2.45) is 0 Å². The Morgan fingerprint density at radius 1 is 0.679 bits per heavy atom. The molecule has 170 valence electrons. The van der Waals surface area contributed by atoms with Gasteiger partial charge in [0, 0.05) is 62.2 Å². The minimum absolute atomic E-state index is 0. The molecule has 0 aromatic heterocycles. The molecule has 0 aliphatic heterocycles. The van der Waals surface area contributed by atoms with Crippen LogP contribution in [-0.2, 0) is 9.47 Å². The summed E-state index contributed by atoms with van der Waals surface area (Å²) in [6.45, 7) is 17.5. The maximum absolute atomic E-state index is 12.2. The molecule has 0 aliphatic carbocycles. The summed E-state index contributed by atoms with van der Waals surface area (Å²) >= 11 is 0. The standard InChI is InChI=1S/2C5H11FO2.2C4H9.CH3.3U/c2*1-5(2,6)8-4-3-7;2*1-4(2)3;;;;/h2*7H,3-4H2,1-2H3;2*1-3H3;1H3;;;/q;;3*-1;;;+2. The molecule has 0 unspecified atom stereocenters. The molecule has 0 saturated heterocycles. The fourth-order valence-electron chi connectivity index (χ4n) is 0.577. The molecule has 0 aliphatic rings. The molecule has 0 amide bonds. The zero-order valence-electron chi connectivity index (χ0n) is 19.8. The first-order valence-corrected chi connectivity index (χ1v) is 8.00. The number of rotatable bonds is 6. The van der Waals surface area contributed by atoms with Crippen molar-refractivity contribution in [2.45, 2.75) is 80.9 Å². The minimum atomic E-state index is -1.61. The van der Waals surface area contributed by atoms with Gasteiger partial charge in [-0.15, -0.1) is 0 Å². The largest absolute Gasteiger partial charge is 2.00 e. The second-order valence-electron chi connectivity index (χ2n) is 6.87. The van der Waals surface area contributed by atoms with Crippen LogP contribution in [0.25, 0.3) is 0 Å². The fourth-order valence-corrected chi connectivity index (χ4v) is 0.577. The van der Waals surface area contributed by atoms with Crippen molar-refractivity contribution in [3.05, 3.63) is 19.3 Å². The van der Waals surface area contributed by atoms with Gasteiger partial charge in [0.2, 0.25) is 11.7 Å². The molecule has 9 heteroatoms. The predicted octanol–water partition coefficient (Wildman–Crippen LogP) is 5.09. The van der Waals surface area contributed by atoms with Gasteiger partial charge in [-0.3, -0.25) is 0 Å². The van der Waals surface area contributed by atoms with Crippen LogP contribution in [0.1, 0.15) is 69.2 Å². The van der Waals surface area contributed by atoms with Crippen LogP contribution < -0.4 is 0 Å². The van der Waals surface area contributed by atoms with E-state index in [-0.39, 0.29) is 127 Å². The van der Waals surface area contributed by atoms with E-state index in [1.165, 1.54) is 39.5 Å². The van der Waals surface area contributed by atoms with E-state index in [1.807, 2.05) is 0 Å². The van der Waals surface area contributed by atoms with Crippen LogP contribution in [0.2, 0.25) is 0 Å². The molecule has 0 saturated carbocycles. The second-order valence-corrected chi connectivity index (χ2v) is 6.87. The number of aliphatic hydroxyl groups is 2. The Morgan fingerprint density at radius 3 is 0.857 bits per heavy atom. The maximum Gasteiger partial charge on any atom is 2.00 e. The number of halogens is 2. The van der Waals surface area contributed by atoms with Crippen LogP contribution in [0, 0.1) is 113 Å². The molecular formula is C19H43F2O4U3-. The third kappa shape index (κ3) is 135. The van der Waals surface area contributed by atoms with Gasteiger partial charge in [-0.2, -0.15) is 41.5 Å². The van der Waals surface area contributed by atoms with E-state index in [0.29, 0.717) is 0 Å². The third-order valence-corrected chi connectivity index (χ3v) is 1.07. The normalized spacial score (nSPS) is 9.43. The van der Waals surface area contributed by atoms with E-state index in [9.17, 15) is 8.78 Å². The summed E-state index contributed by atoms with van der Waals surface area (Å²) in [5, 5.41) is 16.3. The Bertz CT molecular complexity index is 207. The van der Waals surface area contributed by atoms with Crippen LogP contribution in [0.4, 0.5) is 8.78 Å². The van der Waals surface area contributed by atoms with Crippen molar-refractivity contribution in [3.8, 4) is 0 Å². The summed E-state index contributed by atoms with van der Waals surface area (Å²) in [6, 6.07) is 0. The van der Waals surface area contributed by atoms with E-state index in [4.69, 9.17) is 10.2 Å². The Balaban J connectivity index is -0.0000000317. The first-order valence-electron chi connectivity index (χ1n) is 8.00. The minimum Gasteiger partial charge on any atom is -0.394 e. The molecule has 0 aromatic carbocycles. The molecular weight excluding hydrogens is 1040 g/mol. The molecule has 0 bridgehead atoms. The van der Waals surface area contributed by atoms with E-state index in [0.717, 1.165) is 0 Å². The van der Waals surface area contributed by atoms with E-state index < -0.39 is 11.7 Å². The monoisotopic (exact) mass is 1090 g/mol. The van der Waals surface area contributed by atoms with E-state index >= 15 is 0 Å². The zero-order valence-corrected chi connectivity index (χ0v) is 32.3. The first-order chi connectivity index (χ1) is 10.6. The van der Waals surface area contributed by atoms with Crippen molar-refractivity contribution in [2.75, 3.05) is 26.4 Å². The zero-order chi connectivity index (χ0) is 20.4. The van der Waals surface area contributed by atoms with Crippen molar-refractivity contribution in [1.82, 2.24) is 0 Å². The van der Waals surface area contributed by atoms with Gasteiger partial charge in [-0.25, -0.2) is 8.78 Å². The Labute approximate surface area is 245 Å². The van der Waals surface area contributed by atoms with Crippen LogP contribution in [-0.4, -0.2) is 48.4 Å². The number of alkyl halides is 2. The van der Waals surface area contributed by atoms with Gasteiger partial charge >= 0.3 is 31.1 Å². The SMILES string of the molecule is CC(C)(F)OCCO.CC(C)(F)OCCO.C[C-](C)C.C[C-](C)C.[CH3-].[U+2].[U].[U]. The van der Waals surface area contributed by atoms with Gasteiger partial charge < -0.3 is 38.9 Å². The maximum atomic E-state index is 12.2. The summed E-state index contributed by atoms with van der Waals surface area (Å²) in [4.78, 5) is 0. The van der Waals surface area contributed by atoms with Crippen LogP contribution >= 0.6 is 0 Å². The number of hydrogen-bond acceptors (Lipinski definition) is 4. The molecule has 0 spiro atoms. The van der Waals surface area contributed by atoms with Crippen molar-refractivity contribution in [3.63, 3.8) is 0 Å². The summed E-state index contributed by atoms with van der Waals surface area (Å²) in [5.41, 5.74) is 0. The average Bonchev–Trinajstić information content (AvgIpc) is 2.31. The summed E-state index contributed by atoms with van der Waals surface area (Å²) in [7, 11) is 0. The van der Waals surface area contributed by atoms with Gasteiger partial charge in [0.05, 0.1) is 26.4 Å². The van der Waals surface area contributed by atoms with E-state index in [1.54, 1.807) is 0 Å². The van der Waals surface area contributed by atoms with Crippen molar-refractivity contribution < 1.29 is 122 Å². The Morgan fingerprint density at radius 2 is 0.821 bits per heavy atom. The molecule has 0 heterocycles. The summed E-state index contributed by atoms with van der Waals surface area (Å²) in [5.74, 6) is -0.383. The molecule has 0 atom stereocenters. The van der Waals surface area contributed by atoms with E-state index in [2.05, 4.69) is 51.0 Å². The summed E-state index contributed by atoms with van der Waals surface area (Å²) in [6.07, 6.45) is 0. The number of aliphatic hydroxyl groups excluding tert-OH is 2. The molecule has 2 N–H and O–H groups in total. The van der Waals surface area contributed by atoms with Crippen LogP contribution in [0.3, 0.4) is 0 Å². The smallest absolute Gasteiger partial charge is 0.394 e. The third-order valence-electron chi connectivity index (χ3n) is 1.07. The second kappa shape index (κ2) is 34.5. The predicted molar refractivity (Wildman–Crippen MR) is 103 cm³/mol. The molecule has 28 heavy (non-hydrogen) atoms. The number of ether oxygens (including phenoxy) is 2.